The van der Waals surface area contributed by atoms with E-state index in [9.17, 15) is 4.79 Å². The van der Waals surface area contributed by atoms with Gasteiger partial charge in [-0.05, 0) is 25.1 Å². The van der Waals surface area contributed by atoms with Crippen molar-refractivity contribution in [1.82, 2.24) is 15.6 Å². The summed E-state index contributed by atoms with van der Waals surface area (Å²) in [5, 5.41) is 6.08. The quantitative estimate of drug-likeness (QED) is 0.705. The van der Waals surface area contributed by atoms with Crippen LogP contribution in [0.5, 0.6) is 0 Å². The maximum absolute atomic E-state index is 11.8. The monoisotopic (exact) mass is 250 g/mol. The molecule has 100 valence electrons. The number of aromatic nitrogens is 1. The van der Waals surface area contributed by atoms with Crippen molar-refractivity contribution in [2.24, 2.45) is 0 Å². The average molecular weight is 250 g/mol. The fraction of sp³-hybridized carbons (Fsp3) is 0.538. The lowest BCUT2D eigenvalue weighted by Crippen LogP contribution is -2.32. The number of hydrogen-bond acceptors (Lipinski definition) is 4. The number of rotatable bonds is 7. The van der Waals surface area contributed by atoms with Gasteiger partial charge in [-0.1, -0.05) is 6.92 Å². The summed E-state index contributed by atoms with van der Waals surface area (Å²) in [7, 11) is 3.84. The Balaban J connectivity index is 2.37. The number of carbonyl (C=O) groups is 1. The second-order valence-corrected chi connectivity index (χ2v) is 4.31. The molecule has 0 atom stereocenters. The summed E-state index contributed by atoms with van der Waals surface area (Å²) in [5.41, 5.74) is 0.594. The molecule has 18 heavy (non-hydrogen) atoms. The fourth-order valence-corrected chi connectivity index (χ4v) is 1.45. The van der Waals surface area contributed by atoms with Crippen molar-refractivity contribution in [3.63, 3.8) is 0 Å². The van der Waals surface area contributed by atoms with Gasteiger partial charge in [0.1, 0.15) is 5.82 Å². The van der Waals surface area contributed by atoms with Gasteiger partial charge in [0.15, 0.2) is 0 Å². The zero-order valence-corrected chi connectivity index (χ0v) is 11.4. The van der Waals surface area contributed by atoms with E-state index in [1.807, 2.05) is 25.1 Å². The standard InChI is InChI=1S/C13H22N4O/c1-4-7-14-8-9-15-13(18)11-5-6-12(16-10-11)17(2)3/h5-6,10,14H,4,7-9H2,1-3H3,(H,15,18). The summed E-state index contributed by atoms with van der Waals surface area (Å²) in [6, 6.07) is 3.63. The van der Waals surface area contributed by atoms with E-state index in [1.54, 1.807) is 12.3 Å². The van der Waals surface area contributed by atoms with Crippen LogP contribution in [0.2, 0.25) is 0 Å². The SMILES string of the molecule is CCCNCCNC(=O)c1ccc(N(C)C)nc1. The first-order chi connectivity index (χ1) is 8.65. The summed E-state index contributed by atoms with van der Waals surface area (Å²) in [5.74, 6) is 0.766. The molecule has 0 saturated carbocycles. The first-order valence-corrected chi connectivity index (χ1v) is 6.27. The predicted octanol–water partition coefficient (Wildman–Crippen LogP) is 0.877. The van der Waals surface area contributed by atoms with E-state index in [-0.39, 0.29) is 5.91 Å². The summed E-state index contributed by atoms with van der Waals surface area (Å²) in [6.45, 7) is 4.52. The van der Waals surface area contributed by atoms with Crippen LogP contribution < -0.4 is 15.5 Å². The van der Waals surface area contributed by atoms with Crippen LogP contribution in [0.1, 0.15) is 23.7 Å². The van der Waals surface area contributed by atoms with Crippen molar-refractivity contribution in [1.29, 1.82) is 0 Å². The number of pyridine rings is 1. The lowest BCUT2D eigenvalue weighted by molar-refractivity contribution is 0.0953. The minimum absolute atomic E-state index is 0.0777. The second kappa shape index (κ2) is 7.66. The molecule has 1 aromatic rings. The van der Waals surface area contributed by atoms with Crippen LogP contribution >= 0.6 is 0 Å². The molecule has 0 aliphatic heterocycles. The summed E-state index contributed by atoms with van der Waals surface area (Å²) in [6.07, 6.45) is 2.70. The molecule has 0 aliphatic carbocycles. The number of hydrogen-bond donors (Lipinski definition) is 2. The first kappa shape index (κ1) is 14.4. The third-order valence-electron chi connectivity index (χ3n) is 2.48. The van der Waals surface area contributed by atoms with E-state index >= 15 is 0 Å². The molecule has 1 amide bonds. The minimum atomic E-state index is -0.0777. The van der Waals surface area contributed by atoms with Crippen LogP contribution in [0.3, 0.4) is 0 Å². The molecule has 2 N–H and O–H groups in total. The summed E-state index contributed by atoms with van der Waals surface area (Å²) >= 11 is 0. The Morgan fingerprint density at radius 1 is 1.28 bits per heavy atom. The van der Waals surface area contributed by atoms with Crippen LogP contribution in [0.4, 0.5) is 5.82 Å². The molecular formula is C13H22N4O. The van der Waals surface area contributed by atoms with Crippen molar-refractivity contribution in [2.45, 2.75) is 13.3 Å². The largest absolute Gasteiger partial charge is 0.363 e. The number of nitrogens with zero attached hydrogens (tertiary/aromatic N) is 2. The topological polar surface area (TPSA) is 57.3 Å². The van der Waals surface area contributed by atoms with Gasteiger partial charge in [-0.25, -0.2) is 4.98 Å². The van der Waals surface area contributed by atoms with E-state index in [2.05, 4.69) is 22.5 Å². The smallest absolute Gasteiger partial charge is 0.252 e. The Morgan fingerprint density at radius 2 is 2.06 bits per heavy atom. The van der Waals surface area contributed by atoms with Crippen molar-refractivity contribution in [3.8, 4) is 0 Å². The van der Waals surface area contributed by atoms with Crippen molar-refractivity contribution in [2.75, 3.05) is 38.6 Å². The zero-order chi connectivity index (χ0) is 13.4. The Morgan fingerprint density at radius 3 is 2.61 bits per heavy atom. The highest BCUT2D eigenvalue weighted by Crippen LogP contribution is 2.07. The van der Waals surface area contributed by atoms with E-state index in [0.29, 0.717) is 12.1 Å². The molecule has 1 rings (SSSR count). The maximum atomic E-state index is 11.8. The highest BCUT2D eigenvalue weighted by atomic mass is 16.1. The van der Waals surface area contributed by atoms with Gasteiger partial charge in [0.25, 0.3) is 5.91 Å². The lowest BCUT2D eigenvalue weighted by Gasteiger charge is -2.11. The molecule has 1 aromatic heterocycles. The number of nitrogens with one attached hydrogen (secondary N) is 2. The molecular weight excluding hydrogens is 228 g/mol. The molecule has 0 bridgehead atoms. The van der Waals surface area contributed by atoms with Gasteiger partial charge in [-0.3, -0.25) is 4.79 Å². The number of anilines is 1. The summed E-state index contributed by atoms with van der Waals surface area (Å²) in [4.78, 5) is 17.9. The van der Waals surface area contributed by atoms with Gasteiger partial charge in [0, 0.05) is 33.4 Å². The van der Waals surface area contributed by atoms with Crippen LogP contribution in [0, 0.1) is 0 Å². The molecule has 5 nitrogen and oxygen atoms in total. The van der Waals surface area contributed by atoms with E-state index in [4.69, 9.17) is 0 Å². The molecule has 0 aliphatic rings. The Kier molecular flexibility index (Phi) is 6.14. The Hall–Kier alpha value is -1.62. The molecule has 0 unspecified atom stereocenters. The highest BCUT2D eigenvalue weighted by molar-refractivity contribution is 5.94. The van der Waals surface area contributed by atoms with Crippen molar-refractivity contribution in [3.05, 3.63) is 23.9 Å². The van der Waals surface area contributed by atoms with Crippen molar-refractivity contribution >= 4 is 11.7 Å². The van der Waals surface area contributed by atoms with Gasteiger partial charge >= 0.3 is 0 Å². The van der Waals surface area contributed by atoms with Crippen molar-refractivity contribution < 1.29 is 4.79 Å². The zero-order valence-electron chi connectivity index (χ0n) is 11.4. The van der Waals surface area contributed by atoms with Crippen LogP contribution in [-0.2, 0) is 0 Å². The number of carbonyl (C=O) groups excluding carboxylic acids is 1. The van der Waals surface area contributed by atoms with E-state index < -0.39 is 0 Å². The van der Waals surface area contributed by atoms with Gasteiger partial charge in [-0.2, -0.15) is 0 Å². The lowest BCUT2D eigenvalue weighted by atomic mass is 10.2. The highest BCUT2D eigenvalue weighted by Gasteiger charge is 2.05. The van der Waals surface area contributed by atoms with Gasteiger partial charge < -0.3 is 15.5 Å². The third kappa shape index (κ3) is 4.71. The number of amides is 1. The fourth-order valence-electron chi connectivity index (χ4n) is 1.45. The van der Waals surface area contributed by atoms with Crippen LogP contribution in [0.25, 0.3) is 0 Å². The summed E-state index contributed by atoms with van der Waals surface area (Å²) < 4.78 is 0. The van der Waals surface area contributed by atoms with E-state index in [0.717, 1.165) is 25.3 Å². The van der Waals surface area contributed by atoms with Crippen LogP contribution in [0.15, 0.2) is 18.3 Å². The molecule has 0 aromatic carbocycles. The normalized spacial score (nSPS) is 10.2. The maximum Gasteiger partial charge on any atom is 0.252 e. The van der Waals surface area contributed by atoms with Crippen LogP contribution in [-0.4, -0.2) is 44.6 Å². The predicted molar refractivity (Wildman–Crippen MR) is 74.1 cm³/mol. The minimum Gasteiger partial charge on any atom is -0.363 e. The van der Waals surface area contributed by atoms with Gasteiger partial charge in [-0.15, -0.1) is 0 Å². The Bertz CT molecular complexity index is 362. The van der Waals surface area contributed by atoms with E-state index in [1.165, 1.54) is 0 Å². The first-order valence-electron chi connectivity index (χ1n) is 6.27. The van der Waals surface area contributed by atoms with Gasteiger partial charge in [0.2, 0.25) is 0 Å². The molecule has 0 fully saturated rings. The molecule has 0 radical (unpaired) electrons. The molecule has 0 saturated heterocycles. The third-order valence-corrected chi connectivity index (χ3v) is 2.48. The molecule has 0 spiro atoms. The average Bonchev–Trinajstić information content (AvgIpc) is 2.38. The van der Waals surface area contributed by atoms with Gasteiger partial charge in [0.05, 0.1) is 5.56 Å². The molecule has 5 heteroatoms. The molecule has 1 heterocycles. The second-order valence-electron chi connectivity index (χ2n) is 4.31. The Labute approximate surface area is 109 Å².